The van der Waals surface area contributed by atoms with Gasteiger partial charge < -0.3 is 0 Å². The summed E-state index contributed by atoms with van der Waals surface area (Å²) in [6.07, 6.45) is 8.05. The van der Waals surface area contributed by atoms with Crippen molar-refractivity contribution < 1.29 is 0 Å². The molecular formula is C22H22N2. The highest BCUT2D eigenvalue weighted by molar-refractivity contribution is 6.19. The molecule has 0 heterocycles. The van der Waals surface area contributed by atoms with Gasteiger partial charge in [-0.1, -0.05) is 12.1 Å². The molecule has 0 atom stereocenters. The van der Waals surface area contributed by atoms with Gasteiger partial charge in [0.05, 0.1) is 22.8 Å². The molecular weight excluding hydrogens is 292 g/mol. The fraction of sp³-hybridized carbons (Fsp3) is 0.182. The van der Waals surface area contributed by atoms with Crippen LogP contribution in [-0.4, -0.2) is 11.4 Å². The van der Waals surface area contributed by atoms with E-state index in [-0.39, 0.29) is 0 Å². The Bertz CT molecular complexity index is 764. The molecule has 1 aliphatic carbocycles. The van der Waals surface area contributed by atoms with Crippen LogP contribution in [0.2, 0.25) is 0 Å². The average molecular weight is 314 g/mol. The fourth-order valence-corrected chi connectivity index (χ4v) is 2.93. The second kappa shape index (κ2) is 6.79. The van der Waals surface area contributed by atoms with E-state index in [1.54, 1.807) is 0 Å². The van der Waals surface area contributed by atoms with Crippen LogP contribution in [-0.2, 0) is 0 Å². The standard InChI is InChI=1S/C22H22N2/c1-15-9-16(2)12-21(11-15)23-19-5-7-20(8-6-19)24-22-13-17(3)10-18(4)14-22/h5-14H,1-4H3. The number of benzene rings is 2. The summed E-state index contributed by atoms with van der Waals surface area (Å²) in [7, 11) is 0. The maximum atomic E-state index is 4.70. The maximum Gasteiger partial charge on any atom is 0.0642 e. The number of allylic oxidation sites excluding steroid dienone is 4. The van der Waals surface area contributed by atoms with Crippen LogP contribution in [0.4, 0.5) is 11.4 Å². The lowest BCUT2D eigenvalue weighted by Gasteiger charge is -2.05. The zero-order valence-corrected chi connectivity index (χ0v) is 14.7. The first-order valence-electron chi connectivity index (χ1n) is 8.18. The zero-order chi connectivity index (χ0) is 17.1. The summed E-state index contributed by atoms with van der Waals surface area (Å²) in [6, 6.07) is 12.7. The van der Waals surface area contributed by atoms with Crippen molar-refractivity contribution in [2.24, 2.45) is 9.98 Å². The smallest absolute Gasteiger partial charge is 0.0642 e. The van der Waals surface area contributed by atoms with Crippen LogP contribution in [0.15, 0.2) is 70.7 Å². The van der Waals surface area contributed by atoms with Gasteiger partial charge in [0.1, 0.15) is 0 Å². The molecule has 0 aromatic heterocycles. The van der Waals surface area contributed by atoms with Crippen molar-refractivity contribution in [2.75, 3.05) is 0 Å². The van der Waals surface area contributed by atoms with Gasteiger partial charge in [-0.3, -0.25) is 0 Å². The second-order valence-corrected chi connectivity index (χ2v) is 6.43. The van der Waals surface area contributed by atoms with Crippen molar-refractivity contribution in [1.29, 1.82) is 0 Å². The molecule has 0 spiro atoms. The number of hydrogen-bond acceptors (Lipinski definition) is 2. The molecule has 1 aliphatic rings. The number of rotatable bonds is 2. The first-order chi connectivity index (χ1) is 11.5. The summed E-state index contributed by atoms with van der Waals surface area (Å²) in [5.41, 5.74) is 8.80. The van der Waals surface area contributed by atoms with E-state index < -0.39 is 0 Å². The van der Waals surface area contributed by atoms with Crippen molar-refractivity contribution in [3.63, 3.8) is 0 Å². The van der Waals surface area contributed by atoms with Crippen LogP contribution < -0.4 is 0 Å². The minimum Gasteiger partial charge on any atom is -0.249 e. The minimum atomic E-state index is 0.944. The summed E-state index contributed by atoms with van der Waals surface area (Å²) in [6.45, 7) is 8.38. The first-order valence-corrected chi connectivity index (χ1v) is 8.18. The highest BCUT2D eigenvalue weighted by atomic mass is 14.8. The molecule has 2 aromatic carbocycles. The summed E-state index contributed by atoms with van der Waals surface area (Å²) in [5, 5.41) is 0. The molecule has 0 saturated heterocycles. The van der Waals surface area contributed by atoms with E-state index in [0.29, 0.717) is 0 Å². The Morgan fingerprint density at radius 3 is 1.04 bits per heavy atom. The van der Waals surface area contributed by atoms with Gasteiger partial charge in [-0.15, -0.1) is 0 Å². The van der Waals surface area contributed by atoms with Gasteiger partial charge in [0, 0.05) is 0 Å². The monoisotopic (exact) mass is 314 g/mol. The SMILES string of the molecule is Cc1cc(C)cc(N=C2C=CC(=Nc3cc(C)cc(C)c3)C=C2)c1. The van der Waals surface area contributed by atoms with Gasteiger partial charge in [0.15, 0.2) is 0 Å². The molecule has 0 bridgehead atoms. The van der Waals surface area contributed by atoms with Crippen molar-refractivity contribution in [2.45, 2.75) is 27.7 Å². The van der Waals surface area contributed by atoms with Gasteiger partial charge in [-0.05, 0) is 98.5 Å². The number of aryl methyl sites for hydroxylation is 4. The Hall–Kier alpha value is -2.74. The highest BCUT2D eigenvalue weighted by Gasteiger charge is 2.02. The first kappa shape index (κ1) is 16.1. The summed E-state index contributed by atoms with van der Waals surface area (Å²) >= 11 is 0. The quantitative estimate of drug-likeness (QED) is 0.617. The van der Waals surface area contributed by atoms with Crippen LogP contribution in [0.1, 0.15) is 22.3 Å². The highest BCUT2D eigenvalue weighted by Crippen LogP contribution is 2.20. The molecule has 120 valence electrons. The van der Waals surface area contributed by atoms with Crippen molar-refractivity contribution in [1.82, 2.24) is 0 Å². The zero-order valence-electron chi connectivity index (χ0n) is 14.7. The number of aliphatic imine (C=N–C) groups is 2. The van der Waals surface area contributed by atoms with Crippen molar-refractivity contribution >= 4 is 22.8 Å². The summed E-state index contributed by atoms with van der Waals surface area (Å²) in [4.78, 5) is 9.39. The van der Waals surface area contributed by atoms with Gasteiger partial charge in [0.2, 0.25) is 0 Å². The van der Waals surface area contributed by atoms with E-state index >= 15 is 0 Å². The number of hydrogen-bond donors (Lipinski definition) is 0. The Morgan fingerprint density at radius 2 is 0.750 bits per heavy atom. The Balaban J connectivity index is 1.82. The Kier molecular flexibility index (Phi) is 4.57. The van der Waals surface area contributed by atoms with Crippen LogP contribution in [0.3, 0.4) is 0 Å². The molecule has 2 nitrogen and oxygen atoms in total. The van der Waals surface area contributed by atoms with E-state index in [1.807, 2.05) is 24.3 Å². The molecule has 0 aliphatic heterocycles. The topological polar surface area (TPSA) is 24.7 Å². The van der Waals surface area contributed by atoms with Gasteiger partial charge >= 0.3 is 0 Å². The average Bonchev–Trinajstić information content (AvgIpc) is 2.47. The van der Waals surface area contributed by atoms with Crippen LogP contribution in [0, 0.1) is 27.7 Å². The van der Waals surface area contributed by atoms with Crippen LogP contribution >= 0.6 is 0 Å². The number of nitrogens with zero attached hydrogens (tertiary/aromatic N) is 2. The Labute approximate surface area is 144 Å². The van der Waals surface area contributed by atoms with E-state index in [2.05, 4.69) is 64.1 Å². The van der Waals surface area contributed by atoms with Gasteiger partial charge in [0.25, 0.3) is 0 Å². The predicted octanol–water partition coefficient (Wildman–Crippen LogP) is 5.89. The Morgan fingerprint density at radius 1 is 0.458 bits per heavy atom. The van der Waals surface area contributed by atoms with E-state index in [0.717, 1.165) is 22.8 Å². The van der Waals surface area contributed by atoms with E-state index in [1.165, 1.54) is 22.3 Å². The normalized spacial score (nSPS) is 13.3. The van der Waals surface area contributed by atoms with Crippen molar-refractivity contribution in [3.05, 3.63) is 83.0 Å². The largest absolute Gasteiger partial charge is 0.249 e. The predicted molar refractivity (Wildman–Crippen MR) is 104 cm³/mol. The van der Waals surface area contributed by atoms with Gasteiger partial charge in [-0.25, -0.2) is 9.98 Å². The summed E-state index contributed by atoms with van der Waals surface area (Å²) < 4.78 is 0. The molecule has 0 radical (unpaired) electrons. The maximum absolute atomic E-state index is 4.70. The molecule has 0 N–H and O–H groups in total. The van der Waals surface area contributed by atoms with Gasteiger partial charge in [-0.2, -0.15) is 0 Å². The lowest BCUT2D eigenvalue weighted by molar-refractivity contribution is 1.35. The van der Waals surface area contributed by atoms with E-state index in [9.17, 15) is 0 Å². The molecule has 3 rings (SSSR count). The lowest BCUT2D eigenvalue weighted by Crippen LogP contribution is -1.99. The van der Waals surface area contributed by atoms with Crippen LogP contribution in [0.25, 0.3) is 0 Å². The third-order valence-corrected chi connectivity index (χ3v) is 3.78. The third kappa shape index (κ3) is 4.17. The van der Waals surface area contributed by atoms with E-state index in [4.69, 9.17) is 9.98 Å². The third-order valence-electron chi connectivity index (χ3n) is 3.78. The molecule has 0 amide bonds. The fourth-order valence-electron chi connectivity index (χ4n) is 2.93. The molecule has 2 heteroatoms. The van der Waals surface area contributed by atoms with Crippen molar-refractivity contribution in [3.8, 4) is 0 Å². The molecule has 0 saturated carbocycles. The minimum absolute atomic E-state index is 0.944. The molecule has 0 fully saturated rings. The molecule has 24 heavy (non-hydrogen) atoms. The molecule has 2 aromatic rings. The van der Waals surface area contributed by atoms with Crippen LogP contribution in [0.5, 0.6) is 0 Å². The lowest BCUT2D eigenvalue weighted by atomic mass is 10.1. The summed E-state index contributed by atoms with van der Waals surface area (Å²) in [5.74, 6) is 0. The second-order valence-electron chi connectivity index (χ2n) is 6.43. The molecule has 0 unspecified atom stereocenters.